The molecule has 0 aliphatic heterocycles. The first kappa shape index (κ1) is 17.0. The molecule has 0 radical (unpaired) electrons. The molecule has 1 aromatic carbocycles. The number of hydrogen-bond donors (Lipinski definition) is 2. The van der Waals surface area contributed by atoms with E-state index in [1.807, 2.05) is 35.7 Å². The molecule has 0 bridgehead atoms. The minimum absolute atomic E-state index is 0.104. The van der Waals surface area contributed by atoms with Gasteiger partial charge in [0.15, 0.2) is 0 Å². The van der Waals surface area contributed by atoms with Crippen LogP contribution < -0.4 is 5.56 Å². The van der Waals surface area contributed by atoms with Crippen LogP contribution in [-0.4, -0.2) is 25.1 Å². The number of thioether (sulfide) groups is 1. The Morgan fingerprint density at radius 2 is 2.00 bits per heavy atom. The van der Waals surface area contributed by atoms with E-state index in [1.165, 1.54) is 23.1 Å². The van der Waals surface area contributed by atoms with Crippen LogP contribution in [0.3, 0.4) is 0 Å². The number of H-pyrrole nitrogens is 2. The molecular weight excluding hydrogens is 366 g/mol. The maximum absolute atomic E-state index is 12.6. The molecule has 0 fully saturated rings. The molecule has 6 nitrogen and oxygen atoms in total. The van der Waals surface area contributed by atoms with Gasteiger partial charge in [0.1, 0.15) is 16.5 Å². The number of thiophene rings is 1. The zero-order valence-corrected chi connectivity index (χ0v) is 15.8. The van der Waals surface area contributed by atoms with Gasteiger partial charge in [0, 0.05) is 17.4 Å². The van der Waals surface area contributed by atoms with Gasteiger partial charge in [-0.15, -0.1) is 16.4 Å². The summed E-state index contributed by atoms with van der Waals surface area (Å²) in [5.41, 5.74) is 1.85. The fourth-order valence-corrected chi connectivity index (χ4v) is 4.37. The molecule has 0 aliphatic carbocycles. The molecule has 0 unspecified atom stereocenters. The Hall–Kier alpha value is -2.45. The number of nitrogens with one attached hydrogen (secondary N) is 2. The maximum Gasteiger partial charge on any atom is 0.260 e. The lowest BCUT2D eigenvalue weighted by molar-refractivity contribution is 0.840. The van der Waals surface area contributed by atoms with Crippen molar-refractivity contribution >= 4 is 33.3 Å². The second-order valence-corrected chi connectivity index (χ2v) is 7.61. The van der Waals surface area contributed by atoms with Crippen molar-refractivity contribution in [3.8, 4) is 11.1 Å². The molecule has 3 aromatic heterocycles. The summed E-state index contributed by atoms with van der Waals surface area (Å²) in [5, 5.41) is 10.4. The molecule has 132 valence electrons. The van der Waals surface area contributed by atoms with Gasteiger partial charge in [-0.05, 0) is 12.0 Å². The number of fused-ring (bicyclic) bond motifs is 1. The third-order valence-electron chi connectivity index (χ3n) is 3.91. The highest BCUT2D eigenvalue weighted by atomic mass is 32.2. The molecule has 4 aromatic rings. The van der Waals surface area contributed by atoms with Crippen molar-refractivity contribution in [3.05, 3.63) is 57.7 Å². The summed E-state index contributed by atoms with van der Waals surface area (Å²) < 4.78 is 0. The van der Waals surface area contributed by atoms with Crippen molar-refractivity contribution in [1.29, 1.82) is 0 Å². The average Bonchev–Trinajstić information content (AvgIpc) is 3.28. The van der Waals surface area contributed by atoms with E-state index in [4.69, 9.17) is 0 Å². The molecule has 0 amide bonds. The van der Waals surface area contributed by atoms with Gasteiger partial charge in [-0.2, -0.15) is 0 Å². The van der Waals surface area contributed by atoms with Crippen LogP contribution in [0.1, 0.15) is 25.0 Å². The Morgan fingerprint density at radius 1 is 1.15 bits per heavy atom. The topological polar surface area (TPSA) is 87.3 Å². The van der Waals surface area contributed by atoms with E-state index in [0.29, 0.717) is 22.1 Å². The van der Waals surface area contributed by atoms with Gasteiger partial charge in [-0.1, -0.05) is 49.0 Å². The number of nitrogens with zero attached hydrogens (tertiary/aromatic N) is 3. The SMILES string of the molecule is CCCc1nc(SCc2nc3scc(-c4ccccc4)c3c(=O)[nH]2)n[nH]1. The van der Waals surface area contributed by atoms with Gasteiger partial charge < -0.3 is 4.98 Å². The maximum atomic E-state index is 12.6. The summed E-state index contributed by atoms with van der Waals surface area (Å²) in [6.45, 7) is 2.10. The first-order chi connectivity index (χ1) is 12.7. The second-order valence-electron chi connectivity index (χ2n) is 5.81. The molecular formula is C18H17N5OS2. The molecule has 0 atom stereocenters. The lowest BCUT2D eigenvalue weighted by atomic mass is 10.1. The molecule has 2 N–H and O–H groups in total. The van der Waals surface area contributed by atoms with E-state index in [0.717, 1.165) is 34.6 Å². The van der Waals surface area contributed by atoms with E-state index >= 15 is 0 Å². The highest BCUT2D eigenvalue weighted by Crippen LogP contribution is 2.30. The van der Waals surface area contributed by atoms with Gasteiger partial charge in [-0.3, -0.25) is 9.89 Å². The van der Waals surface area contributed by atoms with Crippen LogP contribution in [0.5, 0.6) is 0 Å². The Morgan fingerprint density at radius 3 is 2.81 bits per heavy atom. The van der Waals surface area contributed by atoms with Gasteiger partial charge >= 0.3 is 0 Å². The Balaban J connectivity index is 1.59. The number of benzene rings is 1. The monoisotopic (exact) mass is 383 g/mol. The average molecular weight is 384 g/mol. The van der Waals surface area contributed by atoms with Crippen molar-refractivity contribution in [2.75, 3.05) is 0 Å². The van der Waals surface area contributed by atoms with Gasteiger partial charge in [0.2, 0.25) is 5.16 Å². The van der Waals surface area contributed by atoms with E-state index in [-0.39, 0.29) is 5.56 Å². The largest absolute Gasteiger partial charge is 0.309 e. The highest BCUT2D eigenvalue weighted by Gasteiger charge is 2.13. The summed E-state index contributed by atoms with van der Waals surface area (Å²) in [5.74, 6) is 2.04. The Kier molecular flexibility index (Phi) is 4.85. The van der Waals surface area contributed by atoms with Crippen molar-refractivity contribution in [2.45, 2.75) is 30.7 Å². The van der Waals surface area contributed by atoms with Gasteiger partial charge in [0.25, 0.3) is 5.56 Å². The number of aromatic amines is 2. The van der Waals surface area contributed by atoms with Crippen LogP contribution in [0.4, 0.5) is 0 Å². The van der Waals surface area contributed by atoms with E-state index in [9.17, 15) is 4.79 Å². The van der Waals surface area contributed by atoms with Gasteiger partial charge in [-0.25, -0.2) is 9.97 Å². The van der Waals surface area contributed by atoms with Crippen LogP contribution in [0.2, 0.25) is 0 Å². The predicted molar refractivity (Wildman–Crippen MR) is 106 cm³/mol. The molecule has 26 heavy (non-hydrogen) atoms. The quantitative estimate of drug-likeness (QED) is 0.491. The van der Waals surface area contributed by atoms with Crippen LogP contribution >= 0.6 is 23.1 Å². The Labute approximate surface area is 158 Å². The van der Waals surface area contributed by atoms with Crippen molar-refractivity contribution in [1.82, 2.24) is 25.1 Å². The van der Waals surface area contributed by atoms with E-state index < -0.39 is 0 Å². The fraction of sp³-hybridized carbons (Fsp3) is 0.222. The summed E-state index contributed by atoms with van der Waals surface area (Å²) >= 11 is 2.95. The van der Waals surface area contributed by atoms with Crippen LogP contribution in [0.15, 0.2) is 45.7 Å². The second kappa shape index (κ2) is 7.43. The predicted octanol–water partition coefficient (Wildman–Crippen LogP) is 4.01. The number of hydrogen-bond acceptors (Lipinski definition) is 6. The summed E-state index contributed by atoms with van der Waals surface area (Å²) in [7, 11) is 0. The third kappa shape index (κ3) is 3.42. The molecule has 0 saturated carbocycles. The number of aryl methyl sites for hydroxylation is 1. The molecule has 3 heterocycles. The highest BCUT2D eigenvalue weighted by molar-refractivity contribution is 7.98. The first-order valence-electron chi connectivity index (χ1n) is 8.34. The smallest absolute Gasteiger partial charge is 0.260 e. The third-order valence-corrected chi connectivity index (χ3v) is 5.64. The summed E-state index contributed by atoms with van der Waals surface area (Å²) in [6, 6.07) is 9.90. The van der Waals surface area contributed by atoms with Crippen molar-refractivity contribution in [2.24, 2.45) is 0 Å². The van der Waals surface area contributed by atoms with E-state index in [1.54, 1.807) is 0 Å². The number of rotatable bonds is 6. The van der Waals surface area contributed by atoms with Gasteiger partial charge in [0.05, 0.1) is 11.1 Å². The Bertz CT molecular complexity index is 1080. The molecule has 0 aliphatic rings. The van der Waals surface area contributed by atoms with Crippen LogP contribution in [0.25, 0.3) is 21.3 Å². The zero-order valence-electron chi connectivity index (χ0n) is 14.2. The van der Waals surface area contributed by atoms with Crippen molar-refractivity contribution < 1.29 is 0 Å². The standard InChI is InChI=1S/C18H17N5OS2/c1-2-6-13-21-18(23-22-13)26-10-14-19-16(24)15-12(9-25-17(15)20-14)11-7-4-3-5-8-11/h3-5,7-9H,2,6,10H2,1H3,(H,19,20,24)(H,21,22,23). The zero-order chi connectivity index (χ0) is 17.9. The first-order valence-corrected chi connectivity index (χ1v) is 10.2. The minimum Gasteiger partial charge on any atom is -0.309 e. The van der Waals surface area contributed by atoms with Crippen molar-refractivity contribution in [3.63, 3.8) is 0 Å². The summed E-state index contributed by atoms with van der Waals surface area (Å²) in [6.07, 6.45) is 1.90. The fourth-order valence-electron chi connectivity index (χ4n) is 2.72. The normalized spacial score (nSPS) is 11.3. The molecule has 4 rings (SSSR count). The van der Waals surface area contributed by atoms with Crippen LogP contribution in [0, 0.1) is 0 Å². The van der Waals surface area contributed by atoms with Crippen LogP contribution in [-0.2, 0) is 12.2 Å². The molecule has 0 spiro atoms. The summed E-state index contributed by atoms with van der Waals surface area (Å²) in [4.78, 5) is 25.3. The minimum atomic E-state index is -0.104. The molecule has 0 saturated heterocycles. The molecule has 8 heteroatoms. The number of aromatic nitrogens is 5. The van der Waals surface area contributed by atoms with E-state index in [2.05, 4.69) is 32.1 Å². The lowest BCUT2D eigenvalue weighted by Crippen LogP contribution is -2.10. The lowest BCUT2D eigenvalue weighted by Gasteiger charge is -2.01.